The van der Waals surface area contributed by atoms with Gasteiger partial charge < -0.3 is 10.2 Å². The molecular weight excluding hydrogens is 474 g/mol. The zero-order valence-corrected chi connectivity index (χ0v) is 20.4. The number of nitrogens with zero attached hydrogens (tertiary/aromatic N) is 2. The van der Waals surface area contributed by atoms with Gasteiger partial charge in [-0.05, 0) is 53.9 Å². The van der Waals surface area contributed by atoms with Crippen LogP contribution in [0.25, 0.3) is 0 Å². The van der Waals surface area contributed by atoms with Crippen LogP contribution in [0, 0.1) is 0 Å². The van der Waals surface area contributed by atoms with Crippen molar-refractivity contribution in [2.24, 2.45) is 0 Å². The number of fused-ring (bicyclic) bond motifs is 1. The fourth-order valence-electron chi connectivity index (χ4n) is 3.98. The van der Waals surface area contributed by atoms with E-state index in [-0.39, 0.29) is 33.8 Å². The van der Waals surface area contributed by atoms with E-state index in [1.54, 1.807) is 50.5 Å². The Morgan fingerprint density at radius 2 is 1.71 bits per heavy atom. The lowest BCUT2D eigenvalue weighted by Crippen LogP contribution is -2.30. The summed E-state index contributed by atoms with van der Waals surface area (Å²) in [6, 6.07) is 18.6. The highest BCUT2D eigenvalue weighted by Gasteiger charge is 2.32. The van der Waals surface area contributed by atoms with E-state index >= 15 is 0 Å². The van der Waals surface area contributed by atoms with E-state index in [1.807, 2.05) is 12.1 Å². The number of carbonyl (C=O) groups excluding carboxylic acids is 2. The smallest absolute Gasteiger partial charge is 0.265 e. The van der Waals surface area contributed by atoms with Crippen molar-refractivity contribution < 1.29 is 18.0 Å². The predicted octanol–water partition coefficient (Wildman–Crippen LogP) is 3.72. The summed E-state index contributed by atoms with van der Waals surface area (Å²) >= 11 is 6.29. The van der Waals surface area contributed by atoms with Crippen molar-refractivity contribution in [1.29, 1.82) is 0 Å². The molecule has 0 unspecified atom stereocenters. The Kier molecular flexibility index (Phi) is 6.63. The number of hydrogen-bond acceptors (Lipinski definition) is 4. The normalized spacial score (nSPS) is 12.9. The van der Waals surface area contributed by atoms with Crippen LogP contribution in [0.2, 0.25) is 5.02 Å². The van der Waals surface area contributed by atoms with Gasteiger partial charge in [0.2, 0.25) is 0 Å². The first-order valence-electron chi connectivity index (χ1n) is 10.7. The van der Waals surface area contributed by atoms with E-state index in [2.05, 4.69) is 5.32 Å². The first kappa shape index (κ1) is 23.8. The average Bonchev–Trinajstić information content (AvgIpc) is 3.29. The number of anilines is 1. The number of halogens is 1. The molecule has 0 saturated heterocycles. The highest BCUT2D eigenvalue weighted by Crippen LogP contribution is 2.35. The second-order valence-corrected chi connectivity index (χ2v) is 10.3. The molecule has 0 spiro atoms. The second-order valence-electron chi connectivity index (χ2n) is 8.04. The largest absolute Gasteiger partial charge is 0.355 e. The van der Waals surface area contributed by atoms with Crippen LogP contribution >= 0.6 is 11.6 Å². The number of carbonyl (C=O) groups is 2. The number of para-hydroxylation sites is 1. The van der Waals surface area contributed by atoms with E-state index in [4.69, 9.17) is 11.6 Å². The Morgan fingerprint density at radius 1 is 1.03 bits per heavy atom. The van der Waals surface area contributed by atoms with Gasteiger partial charge in [-0.15, -0.1) is 0 Å². The molecule has 176 valence electrons. The summed E-state index contributed by atoms with van der Waals surface area (Å²) in [5, 5.41) is 2.63. The highest BCUT2D eigenvalue weighted by atomic mass is 35.5. The van der Waals surface area contributed by atoms with Gasteiger partial charge in [0, 0.05) is 38.3 Å². The molecule has 0 aromatic heterocycles. The van der Waals surface area contributed by atoms with Crippen molar-refractivity contribution in [3.8, 4) is 0 Å². The number of rotatable bonds is 6. The quantitative estimate of drug-likeness (QED) is 0.562. The molecule has 0 saturated carbocycles. The first-order valence-corrected chi connectivity index (χ1v) is 12.5. The minimum absolute atomic E-state index is 0.0633. The van der Waals surface area contributed by atoms with Crippen molar-refractivity contribution >= 4 is 39.1 Å². The van der Waals surface area contributed by atoms with Crippen LogP contribution < -0.4 is 9.62 Å². The molecule has 3 aromatic rings. The highest BCUT2D eigenvalue weighted by molar-refractivity contribution is 7.93. The lowest BCUT2D eigenvalue weighted by atomic mass is 10.1. The molecule has 0 aliphatic carbocycles. The van der Waals surface area contributed by atoms with Gasteiger partial charge in [0.25, 0.3) is 21.8 Å². The Morgan fingerprint density at radius 3 is 2.41 bits per heavy atom. The van der Waals surface area contributed by atoms with E-state index in [0.29, 0.717) is 24.2 Å². The van der Waals surface area contributed by atoms with Gasteiger partial charge in [-0.1, -0.05) is 41.9 Å². The molecule has 34 heavy (non-hydrogen) atoms. The third kappa shape index (κ3) is 4.51. The van der Waals surface area contributed by atoms with Crippen molar-refractivity contribution in [1.82, 2.24) is 10.2 Å². The van der Waals surface area contributed by atoms with Gasteiger partial charge in [-0.25, -0.2) is 8.42 Å². The van der Waals surface area contributed by atoms with Crippen molar-refractivity contribution in [3.63, 3.8) is 0 Å². The lowest BCUT2D eigenvalue weighted by Gasteiger charge is -2.22. The van der Waals surface area contributed by atoms with Crippen LogP contribution in [0.5, 0.6) is 0 Å². The van der Waals surface area contributed by atoms with E-state index in [9.17, 15) is 18.0 Å². The summed E-state index contributed by atoms with van der Waals surface area (Å²) < 4.78 is 28.2. The van der Waals surface area contributed by atoms with Gasteiger partial charge >= 0.3 is 0 Å². The summed E-state index contributed by atoms with van der Waals surface area (Å²) in [5.74, 6) is -0.531. The first-order chi connectivity index (χ1) is 16.2. The van der Waals surface area contributed by atoms with Crippen LogP contribution in [0.15, 0.2) is 71.6 Å². The molecule has 9 heteroatoms. The monoisotopic (exact) mass is 497 g/mol. The number of hydrogen-bond donors (Lipinski definition) is 1. The Labute approximate surface area is 204 Å². The maximum absolute atomic E-state index is 13.4. The summed E-state index contributed by atoms with van der Waals surface area (Å²) in [5.41, 5.74) is 3.17. The fraction of sp³-hybridized carbons (Fsp3) is 0.200. The van der Waals surface area contributed by atoms with Crippen molar-refractivity contribution in [3.05, 3.63) is 94.0 Å². The molecule has 1 N–H and O–H groups in total. The van der Waals surface area contributed by atoms with Crippen LogP contribution in [-0.4, -0.2) is 45.8 Å². The fourth-order valence-corrected chi connectivity index (χ4v) is 5.99. The minimum atomic E-state index is -3.95. The molecular formula is C25H24ClN3O4S. The molecule has 4 rings (SSSR count). The van der Waals surface area contributed by atoms with Crippen molar-refractivity contribution in [2.45, 2.75) is 17.9 Å². The average molecular weight is 498 g/mol. The molecule has 3 aromatic carbocycles. The topological polar surface area (TPSA) is 86.8 Å². The van der Waals surface area contributed by atoms with Gasteiger partial charge in [-0.2, -0.15) is 0 Å². The maximum atomic E-state index is 13.4. The summed E-state index contributed by atoms with van der Waals surface area (Å²) in [6.07, 6.45) is 0.618. The number of amides is 2. The summed E-state index contributed by atoms with van der Waals surface area (Å²) in [6.45, 7) is 0.610. The van der Waals surface area contributed by atoms with E-state index in [0.717, 1.165) is 11.1 Å². The minimum Gasteiger partial charge on any atom is -0.355 e. The Bertz CT molecular complexity index is 1360. The standard InChI is InChI=1S/C25H24ClN3O4S/c1-27-24(30)19-9-7-17(8-10-19)16-28(2)25(31)20-11-12-21(26)23(15-20)34(32,33)29-14-13-18-5-3-4-6-22(18)29/h3-12,15H,13-14,16H2,1-2H3,(H,27,30). The van der Waals surface area contributed by atoms with Gasteiger partial charge in [0.1, 0.15) is 4.90 Å². The van der Waals surface area contributed by atoms with Crippen LogP contribution in [-0.2, 0) is 23.0 Å². The third-order valence-electron chi connectivity index (χ3n) is 5.80. The Hall–Kier alpha value is -3.36. The van der Waals surface area contributed by atoms with Crippen LogP contribution in [0.3, 0.4) is 0 Å². The van der Waals surface area contributed by atoms with Crippen LogP contribution in [0.4, 0.5) is 5.69 Å². The molecule has 1 aliphatic rings. The van der Waals surface area contributed by atoms with E-state index in [1.165, 1.54) is 27.4 Å². The summed E-state index contributed by atoms with van der Waals surface area (Å²) in [4.78, 5) is 26.2. The molecule has 2 amide bonds. The third-order valence-corrected chi connectivity index (χ3v) is 8.10. The molecule has 7 nitrogen and oxygen atoms in total. The molecule has 1 aliphatic heterocycles. The maximum Gasteiger partial charge on any atom is 0.265 e. The SMILES string of the molecule is CNC(=O)c1ccc(CN(C)C(=O)c2ccc(Cl)c(S(=O)(=O)N3CCc4ccccc43)c2)cc1. The van der Waals surface area contributed by atoms with E-state index < -0.39 is 10.0 Å². The number of sulfonamides is 1. The van der Waals surface area contributed by atoms with Crippen molar-refractivity contribution in [2.75, 3.05) is 24.9 Å². The molecule has 0 bridgehead atoms. The molecule has 0 atom stereocenters. The summed E-state index contributed by atoms with van der Waals surface area (Å²) in [7, 11) is -0.751. The Balaban J connectivity index is 1.57. The number of benzene rings is 3. The molecule has 0 fully saturated rings. The predicted molar refractivity (Wildman–Crippen MR) is 132 cm³/mol. The van der Waals surface area contributed by atoms with Gasteiger partial charge in [0.05, 0.1) is 10.7 Å². The lowest BCUT2D eigenvalue weighted by molar-refractivity contribution is 0.0784. The number of nitrogens with one attached hydrogen (secondary N) is 1. The second kappa shape index (κ2) is 9.48. The van der Waals surface area contributed by atoms with Gasteiger partial charge in [0.15, 0.2) is 0 Å². The zero-order chi connectivity index (χ0) is 24.5. The molecule has 0 radical (unpaired) electrons. The molecule has 1 heterocycles. The van der Waals surface area contributed by atoms with Gasteiger partial charge in [-0.3, -0.25) is 13.9 Å². The van der Waals surface area contributed by atoms with Crippen LogP contribution in [0.1, 0.15) is 31.8 Å². The zero-order valence-electron chi connectivity index (χ0n) is 18.8.